The van der Waals surface area contributed by atoms with Crippen LogP contribution in [0.3, 0.4) is 0 Å². The lowest BCUT2D eigenvalue weighted by atomic mass is 10.1. The Labute approximate surface area is 107 Å². The van der Waals surface area contributed by atoms with Crippen molar-refractivity contribution in [3.05, 3.63) is 29.8 Å². The number of hydrogen-bond acceptors (Lipinski definition) is 2. The summed E-state index contributed by atoms with van der Waals surface area (Å²) in [4.78, 5) is 0. The molecule has 0 bridgehead atoms. The van der Waals surface area contributed by atoms with Gasteiger partial charge in [0, 0.05) is 11.0 Å². The van der Waals surface area contributed by atoms with E-state index in [1.165, 1.54) is 6.07 Å². The second-order valence-corrected chi connectivity index (χ2v) is 5.84. The number of halogens is 3. The fourth-order valence-electron chi connectivity index (χ4n) is 1.27. The Morgan fingerprint density at radius 3 is 2.65 bits per heavy atom. The number of aryl methyl sites for hydroxylation is 1. The highest BCUT2D eigenvalue weighted by Gasteiger charge is 2.23. The molecule has 0 amide bonds. The maximum atomic E-state index is 12.1. The number of benzene rings is 1. The fraction of sp³-hybridized carbons (Fsp3) is 0.400. The monoisotopic (exact) mass is 327 g/mol. The van der Waals surface area contributed by atoms with Crippen LogP contribution in [0, 0.1) is 0 Å². The summed E-state index contributed by atoms with van der Waals surface area (Å²) >= 11 is 3.28. The Kier molecular flexibility index (Phi) is 5.32. The van der Waals surface area contributed by atoms with Crippen molar-refractivity contribution in [2.24, 2.45) is 0 Å². The molecule has 0 saturated carbocycles. The molecule has 0 atom stereocenters. The van der Waals surface area contributed by atoms with Gasteiger partial charge in [-0.15, -0.1) is 0 Å². The maximum absolute atomic E-state index is 12.1. The Bertz CT molecular complexity index is 465. The average Bonchev–Trinajstić information content (AvgIpc) is 2.26. The Morgan fingerprint density at radius 1 is 1.35 bits per heavy atom. The van der Waals surface area contributed by atoms with E-state index in [-0.39, 0.29) is 5.69 Å². The van der Waals surface area contributed by atoms with Crippen LogP contribution in [0.15, 0.2) is 24.3 Å². The number of alkyl halides is 3. The molecule has 7 heteroatoms. The first-order valence-electron chi connectivity index (χ1n) is 4.90. The molecule has 0 aliphatic rings. The third kappa shape index (κ3) is 4.59. The summed E-state index contributed by atoms with van der Waals surface area (Å²) in [5.74, 6) is -3.42. The predicted molar refractivity (Wildman–Crippen MR) is 67.1 cm³/mol. The van der Waals surface area contributed by atoms with E-state index >= 15 is 0 Å². The molecular formula is C10H12BrF2NO2S. The average molecular weight is 328 g/mol. The summed E-state index contributed by atoms with van der Waals surface area (Å²) in [6, 6.07) is 6.45. The molecule has 3 nitrogen and oxygen atoms in total. The second-order valence-electron chi connectivity index (χ2n) is 3.40. The minimum atomic E-state index is -4.58. The van der Waals surface area contributed by atoms with Crippen LogP contribution in [0.4, 0.5) is 14.5 Å². The van der Waals surface area contributed by atoms with Crippen molar-refractivity contribution in [2.45, 2.75) is 18.6 Å². The zero-order valence-electron chi connectivity index (χ0n) is 8.87. The number of sulfonamides is 1. The van der Waals surface area contributed by atoms with Crippen LogP contribution >= 0.6 is 15.9 Å². The smallest absolute Gasteiger partial charge is 0.279 e. The van der Waals surface area contributed by atoms with Gasteiger partial charge in [-0.25, -0.2) is 8.42 Å². The first kappa shape index (κ1) is 14.4. The van der Waals surface area contributed by atoms with E-state index in [2.05, 4.69) is 15.9 Å². The Balaban J connectivity index is 2.79. The molecule has 0 heterocycles. The summed E-state index contributed by atoms with van der Waals surface area (Å²) in [6.07, 6.45) is 1.65. The van der Waals surface area contributed by atoms with Crippen molar-refractivity contribution in [2.75, 3.05) is 10.1 Å². The first-order chi connectivity index (χ1) is 7.95. The Hall–Kier alpha value is -0.690. The SMILES string of the molecule is O=S(=O)(Nc1cccc(CCCBr)c1)C(F)F. The van der Waals surface area contributed by atoms with Gasteiger partial charge in [0.25, 0.3) is 10.0 Å². The van der Waals surface area contributed by atoms with Crippen molar-refractivity contribution in [3.8, 4) is 0 Å². The van der Waals surface area contributed by atoms with E-state index in [1.807, 2.05) is 10.8 Å². The molecular weight excluding hydrogens is 316 g/mol. The highest BCUT2D eigenvalue weighted by atomic mass is 79.9. The van der Waals surface area contributed by atoms with Gasteiger partial charge < -0.3 is 0 Å². The van der Waals surface area contributed by atoms with Crippen LogP contribution in [-0.4, -0.2) is 19.5 Å². The third-order valence-corrected chi connectivity index (χ3v) is 3.57. The minimum absolute atomic E-state index is 0.164. The molecule has 0 aromatic heterocycles. The zero-order valence-corrected chi connectivity index (χ0v) is 11.3. The van der Waals surface area contributed by atoms with Gasteiger partial charge in [0.15, 0.2) is 0 Å². The largest absolute Gasteiger partial charge is 0.355 e. The molecule has 0 aliphatic carbocycles. The van der Waals surface area contributed by atoms with Gasteiger partial charge in [0.1, 0.15) is 0 Å². The molecule has 1 rings (SSSR count). The van der Waals surface area contributed by atoms with E-state index in [4.69, 9.17) is 0 Å². The maximum Gasteiger partial charge on any atom is 0.355 e. The van der Waals surface area contributed by atoms with Gasteiger partial charge in [0.05, 0.1) is 0 Å². The summed E-state index contributed by atoms with van der Waals surface area (Å²) in [7, 11) is -4.58. The number of hydrogen-bond donors (Lipinski definition) is 1. The number of rotatable bonds is 6. The molecule has 0 radical (unpaired) electrons. The van der Waals surface area contributed by atoms with Crippen LogP contribution < -0.4 is 4.72 Å². The molecule has 1 aromatic rings. The summed E-state index contributed by atoms with van der Waals surface area (Å²) in [5.41, 5.74) is 1.07. The minimum Gasteiger partial charge on any atom is -0.279 e. The fourth-order valence-corrected chi connectivity index (χ4v) is 2.10. The van der Waals surface area contributed by atoms with Gasteiger partial charge >= 0.3 is 5.76 Å². The van der Waals surface area contributed by atoms with E-state index in [1.54, 1.807) is 12.1 Å². The molecule has 0 spiro atoms. The van der Waals surface area contributed by atoms with E-state index in [0.717, 1.165) is 23.7 Å². The summed E-state index contributed by atoms with van der Waals surface area (Å²) in [5, 5.41) is 0.833. The van der Waals surface area contributed by atoms with Crippen LogP contribution in [0.25, 0.3) is 0 Å². The van der Waals surface area contributed by atoms with Crippen LogP contribution in [0.1, 0.15) is 12.0 Å². The lowest BCUT2D eigenvalue weighted by Crippen LogP contribution is -2.20. The molecule has 0 fully saturated rings. The Morgan fingerprint density at radius 2 is 2.06 bits per heavy atom. The van der Waals surface area contributed by atoms with Crippen molar-refractivity contribution in [1.82, 2.24) is 0 Å². The van der Waals surface area contributed by atoms with E-state index in [0.29, 0.717) is 0 Å². The highest BCUT2D eigenvalue weighted by molar-refractivity contribution is 9.09. The molecule has 17 heavy (non-hydrogen) atoms. The van der Waals surface area contributed by atoms with E-state index in [9.17, 15) is 17.2 Å². The molecule has 96 valence electrons. The quantitative estimate of drug-likeness (QED) is 0.816. The second kappa shape index (κ2) is 6.30. The first-order valence-corrected chi connectivity index (χ1v) is 7.57. The normalized spacial score (nSPS) is 11.8. The van der Waals surface area contributed by atoms with Gasteiger partial charge in [-0.2, -0.15) is 8.78 Å². The van der Waals surface area contributed by atoms with Gasteiger partial charge in [-0.1, -0.05) is 28.1 Å². The molecule has 1 N–H and O–H groups in total. The van der Waals surface area contributed by atoms with Gasteiger partial charge in [-0.3, -0.25) is 4.72 Å². The number of anilines is 1. The van der Waals surface area contributed by atoms with Crippen molar-refractivity contribution in [1.29, 1.82) is 0 Å². The molecule has 0 aliphatic heterocycles. The van der Waals surface area contributed by atoms with Gasteiger partial charge in [-0.05, 0) is 30.5 Å². The standard InChI is InChI=1S/C10H12BrF2NO2S/c11-6-2-4-8-3-1-5-9(7-8)14-17(15,16)10(12)13/h1,3,5,7,10,14H,2,4,6H2. The number of nitrogens with one attached hydrogen (secondary N) is 1. The predicted octanol–water partition coefficient (Wildman–Crippen LogP) is 2.98. The van der Waals surface area contributed by atoms with Crippen LogP contribution in [0.5, 0.6) is 0 Å². The van der Waals surface area contributed by atoms with Gasteiger partial charge in [0.2, 0.25) is 0 Å². The zero-order chi connectivity index (χ0) is 12.9. The molecule has 0 saturated heterocycles. The van der Waals surface area contributed by atoms with Crippen LogP contribution in [0.2, 0.25) is 0 Å². The topological polar surface area (TPSA) is 46.2 Å². The lowest BCUT2D eigenvalue weighted by Gasteiger charge is -2.08. The summed E-state index contributed by atoms with van der Waals surface area (Å²) in [6.45, 7) is 0. The lowest BCUT2D eigenvalue weighted by molar-refractivity contribution is 0.236. The highest BCUT2D eigenvalue weighted by Crippen LogP contribution is 2.16. The van der Waals surface area contributed by atoms with E-state index < -0.39 is 15.8 Å². The van der Waals surface area contributed by atoms with Crippen molar-refractivity contribution >= 4 is 31.6 Å². The molecule has 0 unspecified atom stereocenters. The third-order valence-electron chi connectivity index (χ3n) is 2.02. The van der Waals surface area contributed by atoms with Crippen LogP contribution in [-0.2, 0) is 16.4 Å². The molecule has 1 aromatic carbocycles. The van der Waals surface area contributed by atoms with Crippen molar-refractivity contribution in [3.63, 3.8) is 0 Å². The summed E-state index contributed by atoms with van der Waals surface area (Å²) < 4.78 is 48.0. The van der Waals surface area contributed by atoms with Crippen molar-refractivity contribution < 1.29 is 17.2 Å².